The molecule has 0 radical (unpaired) electrons. The maximum atomic E-state index is 4.77. The molecule has 2 aliphatic heterocycles. The summed E-state index contributed by atoms with van der Waals surface area (Å²) in [6.45, 7) is 10.4. The fourth-order valence-electron chi connectivity index (χ4n) is 2.99. The van der Waals surface area contributed by atoms with Gasteiger partial charge in [0.1, 0.15) is 0 Å². The SMILES string of the molecule is CCNC(=NCCCCN1CCCC1)N1CCCC1. The van der Waals surface area contributed by atoms with Crippen LogP contribution in [0, 0.1) is 0 Å². The van der Waals surface area contributed by atoms with Crippen LogP contribution in [-0.4, -0.2) is 61.6 Å². The minimum Gasteiger partial charge on any atom is -0.357 e. The van der Waals surface area contributed by atoms with Crippen molar-refractivity contribution < 1.29 is 0 Å². The normalized spacial score (nSPS) is 21.3. The molecular formula is C15H30N4. The lowest BCUT2D eigenvalue weighted by Gasteiger charge is -2.20. The number of hydrogen-bond donors (Lipinski definition) is 1. The van der Waals surface area contributed by atoms with Crippen LogP contribution >= 0.6 is 0 Å². The van der Waals surface area contributed by atoms with Crippen LogP contribution in [0.2, 0.25) is 0 Å². The van der Waals surface area contributed by atoms with Crippen molar-refractivity contribution in [1.82, 2.24) is 15.1 Å². The Morgan fingerprint density at radius 2 is 1.68 bits per heavy atom. The molecule has 0 aromatic heterocycles. The van der Waals surface area contributed by atoms with Crippen molar-refractivity contribution in [1.29, 1.82) is 0 Å². The first-order valence-electron chi connectivity index (χ1n) is 8.16. The lowest BCUT2D eigenvalue weighted by Crippen LogP contribution is -2.39. The Morgan fingerprint density at radius 1 is 1.00 bits per heavy atom. The Balaban J connectivity index is 1.63. The van der Waals surface area contributed by atoms with E-state index in [2.05, 4.69) is 22.0 Å². The van der Waals surface area contributed by atoms with Crippen LogP contribution in [0.1, 0.15) is 45.4 Å². The Hall–Kier alpha value is -0.770. The first-order valence-corrected chi connectivity index (χ1v) is 8.16. The van der Waals surface area contributed by atoms with Crippen LogP contribution in [0.3, 0.4) is 0 Å². The van der Waals surface area contributed by atoms with Crippen molar-refractivity contribution in [2.75, 3.05) is 45.8 Å². The Morgan fingerprint density at radius 3 is 2.37 bits per heavy atom. The number of likely N-dealkylation sites (tertiary alicyclic amines) is 2. The molecule has 0 spiro atoms. The third-order valence-corrected chi connectivity index (χ3v) is 4.08. The van der Waals surface area contributed by atoms with Gasteiger partial charge in [-0.25, -0.2) is 0 Å². The quantitative estimate of drug-likeness (QED) is 0.453. The Bertz CT molecular complexity index is 265. The highest BCUT2D eigenvalue weighted by molar-refractivity contribution is 5.80. The molecule has 0 atom stereocenters. The van der Waals surface area contributed by atoms with Gasteiger partial charge in [-0.3, -0.25) is 4.99 Å². The van der Waals surface area contributed by atoms with Crippen molar-refractivity contribution in [3.05, 3.63) is 0 Å². The standard InChI is InChI=1S/C15H30N4/c1-2-16-15(19-13-7-8-14-19)17-9-3-4-10-18-11-5-6-12-18/h2-14H2,1H3,(H,16,17). The van der Waals surface area contributed by atoms with Crippen molar-refractivity contribution >= 4 is 5.96 Å². The van der Waals surface area contributed by atoms with E-state index in [-0.39, 0.29) is 0 Å². The molecule has 4 nitrogen and oxygen atoms in total. The predicted octanol–water partition coefficient (Wildman–Crippen LogP) is 1.92. The summed E-state index contributed by atoms with van der Waals surface area (Å²) >= 11 is 0. The van der Waals surface area contributed by atoms with Crippen molar-refractivity contribution in [3.8, 4) is 0 Å². The van der Waals surface area contributed by atoms with Crippen molar-refractivity contribution in [2.45, 2.75) is 45.4 Å². The van der Waals surface area contributed by atoms with Gasteiger partial charge in [-0.15, -0.1) is 0 Å². The highest BCUT2D eigenvalue weighted by Crippen LogP contribution is 2.09. The maximum Gasteiger partial charge on any atom is 0.193 e. The number of nitrogens with one attached hydrogen (secondary N) is 1. The first-order chi connectivity index (χ1) is 9.40. The lowest BCUT2D eigenvalue weighted by atomic mass is 10.3. The Kier molecular flexibility index (Phi) is 6.48. The number of unbranched alkanes of at least 4 members (excludes halogenated alkanes) is 1. The highest BCUT2D eigenvalue weighted by Gasteiger charge is 2.15. The van der Waals surface area contributed by atoms with E-state index in [1.807, 2.05) is 0 Å². The molecule has 0 unspecified atom stereocenters. The summed E-state index contributed by atoms with van der Waals surface area (Å²) in [6, 6.07) is 0. The molecule has 0 saturated carbocycles. The van der Waals surface area contributed by atoms with Crippen LogP contribution in [0.4, 0.5) is 0 Å². The van der Waals surface area contributed by atoms with Gasteiger partial charge in [0.05, 0.1) is 0 Å². The number of aliphatic imine (C=N–C) groups is 1. The average Bonchev–Trinajstić information content (AvgIpc) is 3.10. The van der Waals surface area contributed by atoms with Gasteiger partial charge in [0.15, 0.2) is 5.96 Å². The lowest BCUT2D eigenvalue weighted by molar-refractivity contribution is 0.331. The molecule has 0 aromatic rings. The third-order valence-electron chi connectivity index (χ3n) is 4.08. The average molecular weight is 266 g/mol. The fourth-order valence-corrected chi connectivity index (χ4v) is 2.99. The van der Waals surface area contributed by atoms with E-state index in [9.17, 15) is 0 Å². The molecule has 2 aliphatic rings. The topological polar surface area (TPSA) is 30.9 Å². The summed E-state index contributed by atoms with van der Waals surface area (Å²) in [6.07, 6.45) is 7.95. The zero-order chi connectivity index (χ0) is 13.3. The van der Waals surface area contributed by atoms with E-state index >= 15 is 0 Å². The van der Waals surface area contributed by atoms with Gasteiger partial charge in [0.2, 0.25) is 0 Å². The largest absolute Gasteiger partial charge is 0.357 e. The molecule has 0 bridgehead atoms. The summed E-state index contributed by atoms with van der Waals surface area (Å²) in [7, 11) is 0. The highest BCUT2D eigenvalue weighted by atomic mass is 15.3. The number of guanidine groups is 1. The second kappa shape index (κ2) is 8.41. The Labute approximate surface area is 118 Å². The molecular weight excluding hydrogens is 236 g/mol. The molecule has 4 heteroatoms. The van der Waals surface area contributed by atoms with E-state index < -0.39 is 0 Å². The summed E-state index contributed by atoms with van der Waals surface area (Å²) in [5, 5.41) is 3.42. The molecule has 2 saturated heterocycles. The second-order valence-corrected chi connectivity index (χ2v) is 5.69. The smallest absolute Gasteiger partial charge is 0.193 e. The molecule has 1 N–H and O–H groups in total. The summed E-state index contributed by atoms with van der Waals surface area (Å²) in [5.74, 6) is 1.14. The maximum absolute atomic E-state index is 4.77. The summed E-state index contributed by atoms with van der Waals surface area (Å²) < 4.78 is 0. The molecule has 19 heavy (non-hydrogen) atoms. The molecule has 0 aliphatic carbocycles. The van der Waals surface area contributed by atoms with Gasteiger partial charge in [-0.05, 0) is 65.1 Å². The van der Waals surface area contributed by atoms with Crippen LogP contribution in [0.15, 0.2) is 4.99 Å². The first kappa shape index (κ1) is 14.6. The third kappa shape index (κ3) is 5.01. The minimum absolute atomic E-state index is 0.975. The predicted molar refractivity (Wildman–Crippen MR) is 81.7 cm³/mol. The van der Waals surface area contributed by atoms with Gasteiger partial charge < -0.3 is 15.1 Å². The number of nitrogens with zero attached hydrogens (tertiary/aromatic N) is 3. The molecule has 2 heterocycles. The van der Waals surface area contributed by atoms with Crippen LogP contribution in [0.25, 0.3) is 0 Å². The van der Waals surface area contributed by atoms with E-state index in [0.717, 1.165) is 19.0 Å². The number of hydrogen-bond acceptors (Lipinski definition) is 2. The van der Waals surface area contributed by atoms with Crippen molar-refractivity contribution in [2.24, 2.45) is 4.99 Å². The number of rotatable bonds is 6. The fraction of sp³-hybridized carbons (Fsp3) is 0.933. The molecule has 2 fully saturated rings. The van der Waals surface area contributed by atoms with E-state index in [1.165, 1.54) is 71.2 Å². The van der Waals surface area contributed by atoms with Gasteiger partial charge in [0, 0.05) is 26.2 Å². The monoisotopic (exact) mass is 266 g/mol. The molecule has 110 valence electrons. The molecule has 2 rings (SSSR count). The molecule has 0 amide bonds. The molecule has 0 aromatic carbocycles. The van der Waals surface area contributed by atoms with Crippen LogP contribution in [0.5, 0.6) is 0 Å². The van der Waals surface area contributed by atoms with E-state index in [4.69, 9.17) is 4.99 Å². The second-order valence-electron chi connectivity index (χ2n) is 5.69. The van der Waals surface area contributed by atoms with Gasteiger partial charge in [-0.1, -0.05) is 0 Å². The van der Waals surface area contributed by atoms with Gasteiger partial charge in [-0.2, -0.15) is 0 Å². The zero-order valence-corrected chi connectivity index (χ0v) is 12.5. The zero-order valence-electron chi connectivity index (χ0n) is 12.5. The van der Waals surface area contributed by atoms with Gasteiger partial charge in [0.25, 0.3) is 0 Å². The van der Waals surface area contributed by atoms with Crippen molar-refractivity contribution in [3.63, 3.8) is 0 Å². The van der Waals surface area contributed by atoms with Gasteiger partial charge >= 0.3 is 0 Å². The van der Waals surface area contributed by atoms with Crippen LogP contribution < -0.4 is 5.32 Å². The minimum atomic E-state index is 0.975. The van der Waals surface area contributed by atoms with Crippen LogP contribution in [-0.2, 0) is 0 Å². The van der Waals surface area contributed by atoms with E-state index in [1.54, 1.807) is 0 Å². The van der Waals surface area contributed by atoms with E-state index in [0.29, 0.717) is 0 Å². The summed E-state index contributed by atoms with van der Waals surface area (Å²) in [4.78, 5) is 9.77. The summed E-state index contributed by atoms with van der Waals surface area (Å²) in [5.41, 5.74) is 0.